The van der Waals surface area contributed by atoms with Crippen LogP contribution in [0.25, 0.3) is 0 Å². The molecule has 116 valence electrons. The van der Waals surface area contributed by atoms with E-state index in [9.17, 15) is 9.18 Å². The molecule has 0 fully saturated rings. The molecule has 1 aromatic carbocycles. The van der Waals surface area contributed by atoms with Crippen molar-refractivity contribution >= 4 is 11.6 Å². The number of hydrogen-bond acceptors (Lipinski definition) is 2. The third-order valence-electron chi connectivity index (χ3n) is 3.50. The van der Waals surface area contributed by atoms with Gasteiger partial charge in [0, 0.05) is 6.20 Å². The molecule has 1 N–H and O–H groups in total. The minimum Gasteiger partial charge on any atom is -0.318 e. The molecule has 22 heavy (non-hydrogen) atoms. The number of aromatic nitrogens is 1. The SMILES string of the molecule is Cc1ccnc(C(=O)Nc2ccc(C)c(C(C)(C)C)c2F)c1. The van der Waals surface area contributed by atoms with Gasteiger partial charge in [0.1, 0.15) is 5.69 Å². The van der Waals surface area contributed by atoms with Gasteiger partial charge in [-0.3, -0.25) is 9.78 Å². The number of hydrogen-bond donors (Lipinski definition) is 1. The number of nitrogens with one attached hydrogen (secondary N) is 1. The van der Waals surface area contributed by atoms with Gasteiger partial charge in [0.25, 0.3) is 5.91 Å². The molecule has 2 rings (SSSR count). The Labute approximate surface area is 130 Å². The van der Waals surface area contributed by atoms with Crippen molar-refractivity contribution in [3.05, 3.63) is 58.7 Å². The molecule has 0 spiro atoms. The van der Waals surface area contributed by atoms with Crippen molar-refractivity contribution in [2.75, 3.05) is 5.32 Å². The highest BCUT2D eigenvalue weighted by Crippen LogP contribution is 2.32. The Kier molecular flexibility index (Phi) is 4.31. The number of amides is 1. The molecule has 0 radical (unpaired) electrons. The van der Waals surface area contributed by atoms with Crippen molar-refractivity contribution in [2.24, 2.45) is 0 Å². The van der Waals surface area contributed by atoms with Gasteiger partial charge in [0.2, 0.25) is 0 Å². The molecular formula is C18H21FN2O. The maximum atomic E-state index is 14.7. The molecule has 1 amide bonds. The highest BCUT2D eigenvalue weighted by Gasteiger charge is 2.23. The standard InChI is InChI=1S/C18H21FN2O/c1-11-8-9-20-14(10-11)17(22)21-13-7-6-12(2)15(16(13)19)18(3,4)5/h6-10H,1-5H3,(H,21,22). The Balaban J connectivity index is 2.37. The molecule has 0 aliphatic carbocycles. The lowest BCUT2D eigenvalue weighted by Crippen LogP contribution is -2.19. The van der Waals surface area contributed by atoms with Crippen molar-refractivity contribution in [1.82, 2.24) is 4.98 Å². The smallest absolute Gasteiger partial charge is 0.274 e. The second kappa shape index (κ2) is 5.87. The van der Waals surface area contributed by atoms with Crippen LogP contribution in [0.1, 0.15) is 48.0 Å². The molecule has 0 aliphatic heterocycles. The monoisotopic (exact) mass is 300 g/mol. The molecule has 1 aromatic heterocycles. The average Bonchev–Trinajstić information content (AvgIpc) is 2.40. The zero-order chi connectivity index (χ0) is 16.5. The fraction of sp³-hybridized carbons (Fsp3) is 0.333. The summed E-state index contributed by atoms with van der Waals surface area (Å²) in [7, 11) is 0. The summed E-state index contributed by atoms with van der Waals surface area (Å²) in [5.41, 5.74) is 2.54. The third kappa shape index (κ3) is 3.32. The molecule has 2 aromatic rings. The van der Waals surface area contributed by atoms with Crippen LogP contribution in [0, 0.1) is 19.7 Å². The van der Waals surface area contributed by atoms with E-state index in [0.717, 1.165) is 11.1 Å². The fourth-order valence-electron chi connectivity index (χ4n) is 2.54. The number of benzene rings is 1. The highest BCUT2D eigenvalue weighted by atomic mass is 19.1. The summed E-state index contributed by atoms with van der Waals surface area (Å²) < 4.78 is 14.7. The molecule has 3 nitrogen and oxygen atoms in total. The maximum absolute atomic E-state index is 14.7. The quantitative estimate of drug-likeness (QED) is 0.894. The Hall–Kier alpha value is -2.23. The normalized spacial score (nSPS) is 11.4. The van der Waals surface area contributed by atoms with E-state index < -0.39 is 5.91 Å². The van der Waals surface area contributed by atoms with E-state index in [2.05, 4.69) is 10.3 Å². The Morgan fingerprint density at radius 1 is 1.18 bits per heavy atom. The molecule has 0 aliphatic rings. The van der Waals surface area contributed by atoms with Crippen LogP contribution in [0.4, 0.5) is 10.1 Å². The summed E-state index contributed by atoms with van der Waals surface area (Å²) >= 11 is 0. The van der Waals surface area contributed by atoms with Gasteiger partial charge < -0.3 is 5.32 Å². The van der Waals surface area contributed by atoms with Gasteiger partial charge in [-0.25, -0.2) is 4.39 Å². The first-order valence-electron chi connectivity index (χ1n) is 7.23. The molecular weight excluding hydrogens is 279 g/mol. The summed E-state index contributed by atoms with van der Waals surface area (Å²) in [5.74, 6) is -0.792. The largest absolute Gasteiger partial charge is 0.318 e. The van der Waals surface area contributed by atoms with E-state index in [-0.39, 0.29) is 22.6 Å². The van der Waals surface area contributed by atoms with E-state index in [1.807, 2.05) is 40.7 Å². The Morgan fingerprint density at radius 2 is 1.86 bits per heavy atom. The maximum Gasteiger partial charge on any atom is 0.274 e. The predicted molar refractivity (Wildman–Crippen MR) is 86.8 cm³/mol. The summed E-state index contributed by atoms with van der Waals surface area (Å²) in [6, 6.07) is 6.89. The lowest BCUT2D eigenvalue weighted by atomic mass is 9.83. The molecule has 0 saturated heterocycles. The van der Waals surface area contributed by atoms with Gasteiger partial charge in [-0.2, -0.15) is 0 Å². The lowest BCUT2D eigenvalue weighted by molar-refractivity contribution is 0.102. The van der Waals surface area contributed by atoms with Gasteiger partial charge in [-0.05, 0) is 54.2 Å². The zero-order valence-corrected chi connectivity index (χ0v) is 13.6. The van der Waals surface area contributed by atoms with Gasteiger partial charge >= 0.3 is 0 Å². The summed E-state index contributed by atoms with van der Waals surface area (Å²) in [4.78, 5) is 16.2. The fourth-order valence-corrected chi connectivity index (χ4v) is 2.54. The molecule has 0 saturated carbocycles. The van der Waals surface area contributed by atoms with Crippen molar-refractivity contribution in [3.63, 3.8) is 0 Å². The number of nitrogens with zero attached hydrogens (tertiary/aromatic N) is 1. The second-order valence-corrected chi connectivity index (χ2v) is 6.54. The number of pyridine rings is 1. The van der Waals surface area contributed by atoms with Crippen LogP contribution >= 0.6 is 0 Å². The first kappa shape index (κ1) is 16.1. The van der Waals surface area contributed by atoms with Gasteiger partial charge in [0.15, 0.2) is 5.82 Å². The minimum absolute atomic E-state index is 0.184. The second-order valence-electron chi connectivity index (χ2n) is 6.54. The van der Waals surface area contributed by atoms with Crippen molar-refractivity contribution in [1.29, 1.82) is 0 Å². The van der Waals surface area contributed by atoms with Crippen LogP contribution in [0.2, 0.25) is 0 Å². The first-order chi connectivity index (χ1) is 10.2. The zero-order valence-electron chi connectivity index (χ0n) is 13.6. The molecule has 1 heterocycles. The number of carbonyl (C=O) groups excluding carboxylic acids is 1. The first-order valence-corrected chi connectivity index (χ1v) is 7.23. The lowest BCUT2D eigenvalue weighted by Gasteiger charge is -2.23. The van der Waals surface area contributed by atoms with Gasteiger partial charge in [0.05, 0.1) is 5.69 Å². The summed E-state index contributed by atoms with van der Waals surface area (Å²) in [6.07, 6.45) is 1.57. The van der Waals surface area contributed by atoms with Gasteiger partial charge in [-0.1, -0.05) is 26.8 Å². The molecule has 4 heteroatoms. The van der Waals surface area contributed by atoms with Crippen molar-refractivity contribution in [3.8, 4) is 0 Å². The van der Waals surface area contributed by atoms with E-state index in [4.69, 9.17) is 0 Å². The van der Waals surface area contributed by atoms with Crippen LogP contribution in [-0.4, -0.2) is 10.9 Å². The van der Waals surface area contributed by atoms with Gasteiger partial charge in [-0.15, -0.1) is 0 Å². The van der Waals surface area contributed by atoms with E-state index in [0.29, 0.717) is 5.56 Å². The highest BCUT2D eigenvalue weighted by molar-refractivity contribution is 6.03. The summed E-state index contributed by atoms with van der Waals surface area (Å²) in [5, 5.41) is 2.62. The number of rotatable bonds is 2. The Morgan fingerprint density at radius 3 is 2.45 bits per heavy atom. The average molecular weight is 300 g/mol. The molecule has 0 unspecified atom stereocenters. The van der Waals surface area contributed by atoms with Crippen molar-refractivity contribution < 1.29 is 9.18 Å². The van der Waals surface area contributed by atoms with Crippen LogP contribution in [0.15, 0.2) is 30.5 Å². The molecule has 0 bridgehead atoms. The number of anilines is 1. The van der Waals surface area contributed by atoms with E-state index >= 15 is 0 Å². The topological polar surface area (TPSA) is 42.0 Å². The Bertz CT molecular complexity index is 718. The number of halogens is 1. The van der Waals surface area contributed by atoms with Crippen LogP contribution < -0.4 is 5.32 Å². The number of carbonyl (C=O) groups is 1. The van der Waals surface area contributed by atoms with E-state index in [1.165, 1.54) is 0 Å². The van der Waals surface area contributed by atoms with Crippen LogP contribution in [0.5, 0.6) is 0 Å². The third-order valence-corrected chi connectivity index (χ3v) is 3.50. The van der Waals surface area contributed by atoms with Crippen LogP contribution in [0.3, 0.4) is 0 Å². The van der Waals surface area contributed by atoms with Crippen LogP contribution in [-0.2, 0) is 5.41 Å². The predicted octanol–water partition coefficient (Wildman–Crippen LogP) is 4.39. The minimum atomic E-state index is -0.411. The number of aryl methyl sites for hydroxylation is 2. The van der Waals surface area contributed by atoms with E-state index in [1.54, 1.807) is 24.4 Å². The molecule has 0 atom stereocenters. The van der Waals surface area contributed by atoms with Crippen molar-refractivity contribution in [2.45, 2.75) is 40.0 Å². The summed E-state index contributed by atoms with van der Waals surface area (Å²) in [6.45, 7) is 9.60.